The number of rotatable bonds is 59. The molecule has 0 aliphatic carbocycles. The summed E-state index contributed by atoms with van der Waals surface area (Å²) in [5.74, 6) is 0. The second-order valence-corrected chi connectivity index (χ2v) is 22.6. The summed E-state index contributed by atoms with van der Waals surface area (Å²) in [5.41, 5.74) is -2.53. The van der Waals surface area contributed by atoms with Crippen LogP contribution in [0.25, 0.3) is 0 Å². The molecule has 0 fully saturated rings. The summed E-state index contributed by atoms with van der Waals surface area (Å²) in [5, 5.41) is 14.1. The van der Waals surface area contributed by atoms with Crippen LogP contribution in [0.1, 0.15) is 382 Å². The van der Waals surface area contributed by atoms with E-state index >= 15 is 0 Å². The van der Waals surface area contributed by atoms with E-state index in [1.54, 1.807) is 7.11 Å². The lowest BCUT2D eigenvalue weighted by Gasteiger charge is -2.57. The maximum atomic E-state index is 14.1. The summed E-state index contributed by atoms with van der Waals surface area (Å²) >= 11 is 0. The lowest BCUT2D eigenvalue weighted by Crippen LogP contribution is -2.70. The molecular weight excluding hydrogens is 833 g/mol. The Morgan fingerprint density at radius 1 is 0.265 bits per heavy atom. The fourth-order valence-electron chi connectivity index (χ4n) is 11.7. The van der Waals surface area contributed by atoms with Gasteiger partial charge < -0.3 is 9.84 Å². The van der Waals surface area contributed by atoms with Gasteiger partial charge in [-0.15, -0.1) is 0 Å². The average Bonchev–Trinajstić information content (AvgIpc) is 3.34. The van der Waals surface area contributed by atoms with E-state index in [1.165, 1.54) is 270 Å². The number of hydrogen-bond donors (Lipinski definition) is 1. The van der Waals surface area contributed by atoms with Gasteiger partial charge in [-0.3, -0.25) is 0 Å². The zero-order valence-electron chi connectivity index (χ0n) is 48.4. The normalized spacial score (nSPS) is 13.2. The largest absolute Gasteiger partial charge is 0.387 e. The Bertz CT molecular complexity index is 912. The molecule has 1 unspecified atom stereocenters. The lowest BCUT2D eigenvalue weighted by molar-refractivity contribution is -0.428. The van der Waals surface area contributed by atoms with Crippen molar-refractivity contribution in [3.63, 3.8) is 0 Å². The first-order valence-electron chi connectivity index (χ1n) is 32.0. The van der Waals surface area contributed by atoms with Gasteiger partial charge in [0, 0.05) is 6.61 Å². The molecule has 0 heterocycles. The molecular formula is C64H130O4. The smallest absolute Gasteiger partial charge is 0.161 e. The molecule has 0 aliphatic heterocycles. The molecule has 0 saturated carbocycles. The molecule has 1 N–H and O–H groups in total. The Kier molecular flexibility index (Phi) is 51.6. The van der Waals surface area contributed by atoms with Crippen molar-refractivity contribution >= 4 is 0 Å². The van der Waals surface area contributed by atoms with Crippen LogP contribution in [0, 0.1) is 0 Å². The van der Waals surface area contributed by atoms with Crippen molar-refractivity contribution < 1.29 is 19.6 Å². The van der Waals surface area contributed by atoms with Gasteiger partial charge in [0.1, 0.15) is 5.60 Å². The number of ether oxygens (including phenoxy) is 1. The van der Waals surface area contributed by atoms with Gasteiger partial charge in [-0.05, 0) is 38.5 Å². The molecule has 0 amide bonds. The summed E-state index contributed by atoms with van der Waals surface area (Å²) in [7, 11) is 1.76. The number of unbranched alkanes of at least 4 members (excludes halogenated alkanes) is 42. The monoisotopic (exact) mass is 963 g/mol. The molecule has 4 heteroatoms. The Labute approximate surface area is 430 Å². The van der Waals surface area contributed by atoms with Crippen molar-refractivity contribution in [2.24, 2.45) is 0 Å². The molecule has 410 valence electrons. The van der Waals surface area contributed by atoms with Crippen molar-refractivity contribution in [3.8, 4) is 0 Å². The van der Waals surface area contributed by atoms with Crippen molar-refractivity contribution in [1.29, 1.82) is 0 Å². The average molecular weight is 964 g/mol. The third-order valence-corrected chi connectivity index (χ3v) is 16.2. The van der Waals surface area contributed by atoms with Crippen LogP contribution in [-0.4, -0.2) is 35.6 Å². The molecule has 4 nitrogen and oxygen atoms in total. The SMILES string of the molecule is CCCCCCCCCCOC(CCCCCCCCCC)(CCCCCCCCCC)C(CCCCCCCCCC)(OOC)C(O)(CCCCCCCCCC)CCCCCCCCCC. The first kappa shape index (κ1) is 67.8. The van der Waals surface area contributed by atoms with E-state index < -0.39 is 16.8 Å². The van der Waals surface area contributed by atoms with Crippen molar-refractivity contribution in [1.82, 2.24) is 0 Å². The standard InChI is InChI=1S/C64H130O4/c1-8-14-20-26-32-38-44-50-56-62(65,57-51-45-39-33-27-21-15-9-2)64(68-66-7,60-54-48-42-36-30-24-18-12-5)63(58-52-46-40-34-28-22-16-10-3,59-53-47-41-35-29-23-17-11-4)67-61-55-49-43-37-31-25-19-13-6/h65H,8-61H2,1-7H3. The van der Waals surface area contributed by atoms with E-state index in [-0.39, 0.29) is 0 Å². The van der Waals surface area contributed by atoms with Crippen LogP contribution in [0.2, 0.25) is 0 Å². The van der Waals surface area contributed by atoms with Gasteiger partial charge in [0.2, 0.25) is 0 Å². The molecule has 0 aliphatic rings. The summed E-state index contributed by atoms with van der Waals surface area (Å²) in [6.07, 6.45) is 66.1. The van der Waals surface area contributed by atoms with E-state index in [0.29, 0.717) is 0 Å². The zero-order valence-corrected chi connectivity index (χ0v) is 48.4. The highest BCUT2D eigenvalue weighted by Crippen LogP contribution is 2.53. The molecule has 0 saturated heterocycles. The predicted octanol–water partition coefficient (Wildman–Crippen LogP) is 22.6. The number of aliphatic hydroxyl groups is 1. The topological polar surface area (TPSA) is 47.9 Å². The van der Waals surface area contributed by atoms with Gasteiger partial charge in [0.05, 0.1) is 12.7 Å². The first-order valence-corrected chi connectivity index (χ1v) is 32.0. The zero-order chi connectivity index (χ0) is 49.8. The Morgan fingerprint density at radius 3 is 0.750 bits per heavy atom. The molecule has 0 aromatic rings. The van der Waals surface area contributed by atoms with Crippen LogP contribution in [0.3, 0.4) is 0 Å². The van der Waals surface area contributed by atoms with E-state index in [0.717, 1.165) is 77.2 Å². The molecule has 0 radical (unpaired) electrons. The highest BCUT2D eigenvalue weighted by molar-refractivity contribution is 5.14. The Balaban J connectivity index is 7.25. The molecule has 0 aromatic carbocycles. The van der Waals surface area contributed by atoms with Crippen molar-refractivity contribution in [2.45, 2.75) is 399 Å². The molecule has 0 spiro atoms. The molecule has 68 heavy (non-hydrogen) atoms. The van der Waals surface area contributed by atoms with Crippen LogP contribution in [0.4, 0.5) is 0 Å². The van der Waals surface area contributed by atoms with E-state index in [4.69, 9.17) is 14.5 Å². The quantitative estimate of drug-likeness (QED) is 0.0375. The Morgan fingerprint density at radius 2 is 0.485 bits per heavy atom. The fourth-order valence-corrected chi connectivity index (χ4v) is 11.7. The number of hydrogen-bond acceptors (Lipinski definition) is 4. The van der Waals surface area contributed by atoms with E-state index in [2.05, 4.69) is 41.5 Å². The van der Waals surface area contributed by atoms with Crippen LogP contribution < -0.4 is 0 Å². The van der Waals surface area contributed by atoms with Crippen LogP contribution >= 0.6 is 0 Å². The van der Waals surface area contributed by atoms with Crippen LogP contribution in [-0.2, 0) is 14.5 Å². The van der Waals surface area contributed by atoms with Gasteiger partial charge in [-0.25, -0.2) is 9.78 Å². The summed E-state index contributed by atoms with van der Waals surface area (Å²) < 4.78 is 7.78. The molecule has 1 atom stereocenters. The van der Waals surface area contributed by atoms with Gasteiger partial charge in [-0.1, -0.05) is 343 Å². The second-order valence-electron chi connectivity index (χ2n) is 22.6. The van der Waals surface area contributed by atoms with Gasteiger partial charge in [0.25, 0.3) is 0 Å². The highest BCUT2D eigenvalue weighted by Gasteiger charge is 2.64. The molecule has 0 bridgehead atoms. The van der Waals surface area contributed by atoms with E-state index in [1.807, 2.05) is 0 Å². The van der Waals surface area contributed by atoms with Gasteiger partial charge >= 0.3 is 0 Å². The molecule has 0 aromatic heterocycles. The lowest BCUT2D eigenvalue weighted by atomic mass is 9.61. The maximum Gasteiger partial charge on any atom is 0.161 e. The van der Waals surface area contributed by atoms with Crippen LogP contribution in [0.5, 0.6) is 0 Å². The third-order valence-electron chi connectivity index (χ3n) is 16.2. The fraction of sp³-hybridized carbons (Fsp3) is 1.00. The van der Waals surface area contributed by atoms with Crippen molar-refractivity contribution in [2.75, 3.05) is 13.7 Å². The minimum absolute atomic E-state index is 0.593. The van der Waals surface area contributed by atoms with Crippen LogP contribution in [0.15, 0.2) is 0 Å². The molecule has 0 rings (SSSR count). The van der Waals surface area contributed by atoms with Crippen molar-refractivity contribution in [3.05, 3.63) is 0 Å². The van der Waals surface area contributed by atoms with Gasteiger partial charge in [-0.2, -0.15) is 0 Å². The minimum Gasteiger partial charge on any atom is -0.387 e. The first-order chi connectivity index (χ1) is 33.4. The van der Waals surface area contributed by atoms with E-state index in [9.17, 15) is 5.11 Å². The summed E-state index contributed by atoms with van der Waals surface area (Å²) in [4.78, 5) is 13.3. The minimum atomic E-state index is -1.02. The second kappa shape index (κ2) is 51.7. The Hall–Kier alpha value is -0.160. The maximum absolute atomic E-state index is 14.1. The summed E-state index contributed by atoms with van der Waals surface area (Å²) in [6.45, 7) is 14.7. The third kappa shape index (κ3) is 35.1. The summed E-state index contributed by atoms with van der Waals surface area (Å²) in [6, 6.07) is 0. The predicted molar refractivity (Wildman–Crippen MR) is 303 cm³/mol. The van der Waals surface area contributed by atoms with Gasteiger partial charge in [0.15, 0.2) is 5.60 Å². The highest BCUT2D eigenvalue weighted by atomic mass is 17.2.